The van der Waals surface area contributed by atoms with Crippen LogP contribution in [0.15, 0.2) is 30.5 Å². The van der Waals surface area contributed by atoms with Crippen LogP contribution in [0.25, 0.3) is 0 Å². The number of anilines is 2. The molecular formula is C19H26N6O3. The van der Waals surface area contributed by atoms with Gasteiger partial charge in [0, 0.05) is 32.7 Å². The number of carbonyl (C=O) groups excluding carboxylic acids is 1. The number of carbonyl (C=O) groups is 1. The second-order valence-electron chi connectivity index (χ2n) is 6.34. The van der Waals surface area contributed by atoms with Gasteiger partial charge in [0.1, 0.15) is 5.75 Å². The lowest BCUT2D eigenvalue weighted by Crippen LogP contribution is -2.49. The number of hydrogen-bond acceptors (Lipinski definition) is 8. The van der Waals surface area contributed by atoms with Crippen LogP contribution in [0.4, 0.5) is 16.6 Å². The monoisotopic (exact) mass is 386 g/mol. The number of piperazine rings is 1. The Hall–Kier alpha value is -3.10. The Morgan fingerprint density at radius 3 is 2.61 bits per heavy atom. The summed E-state index contributed by atoms with van der Waals surface area (Å²) < 4.78 is 10.2. The summed E-state index contributed by atoms with van der Waals surface area (Å²) in [6, 6.07) is 8.01. The third-order valence-corrected chi connectivity index (χ3v) is 4.52. The van der Waals surface area contributed by atoms with E-state index in [2.05, 4.69) is 20.5 Å². The topological polar surface area (TPSA) is 92.7 Å². The number of amides is 1. The van der Waals surface area contributed by atoms with Crippen molar-refractivity contribution < 1.29 is 14.3 Å². The predicted molar refractivity (Wildman–Crippen MR) is 106 cm³/mol. The molecule has 1 aromatic carbocycles. The fraction of sp³-hybridized carbons (Fsp3) is 0.474. The number of methoxy groups -OCH3 is 1. The standard InChI is InChI=1S/C19H26N6O3/c1-3-28-19(26)25-12-10-24(11-13-25)18-22-17(14-21-23-18)20-9-8-15-4-6-16(27-2)7-5-15/h4-7,14H,3,8-13H2,1-2H3,(H,20,22,23). The maximum Gasteiger partial charge on any atom is 0.409 e. The number of aromatic nitrogens is 3. The van der Waals surface area contributed by atoms with Crippen LogP contribution in [0.2, 0.25) is 0 Å². The van der Waals surface area contributed by atoms with E-state index in [0.29, 0.717) is 44.6 Å². The largest absolute Gasteiger partial charge is 0.497 e. The number of benzene rings is 1. The highest BCUT2D eigenvalue weighted by molar-refractivity contribution is 5.68. The number of ether oxygens (including phenoxy) is 2. The first-order valence-corrected chi connectivity index (χ1v) is 9.42. The van der Waals surface area contributed by atoms with E-state index in [1.807, 2.05) is 29.2 Å². The van der Waals surface area contributed by atoms with E-state index < -0.39 is 0 Å². The molecule has 9 heteroatoms. The van der Waals surface area contributed by atoms with Crippen LogP contribution >= 0.6 is 0 Å². The fourth-order valence-corrected chi connectivity index (χ4v) is 2.94. The van der Waals surface area contributed by atoms with Crippen molar-refractivity contribution in [1.29, 1.82) is 0 Å². The molecule has 0 unspecified atom stereocenters. The molecule has 2 heterocycles. The molecule has 1 aliphatic rings. The maximum atomic E-state index is 11.8. The normalized spacial score (nSPS) is 13.9. The second kappa shape index (κ2) is 9.72. The molecule has 1 aromatic heterocycles. The van der Waals surface area contributed by atoms with Gasteiger partial charge in [0.25, 0.3) is 0 Å². The van der Waals surface area contributed by atoms with E-state index >= 15 is 0 Å². The highest BCUT2D eigenvalue weighted by Crippen LogP contribution is 2.14. The number of nitrogens with one attached hydrogen (secondary N) is 1. The van der Waals surface area contributed by atoms with Gasteiger partial charge in [-0.25, -0.2) is 4.79 Å². The highest BCUT2D eigenvalue weighted by atomic mass is 16.6. The summed E-state index contributed by atoms with van der Waals surface area (Å²) in [5, 5.41) is 11.5. The molecule has 28 heavy (non-hydrogen) atoms. The zero-order chi connectivity index (χ0) is 19.8. The van der Waals surface area contributed by atoms with Crippen LogP contribution < -0.4 is 15.0 Å². The summed E-state index contributed by atoms with van der Waals surface area (Å²) in [5.41, 5.74) is 1.21. The molecule has 0 bridgehead atoms. The molecule has 2 aromatic rings. The molecule has 1 saturated heterocycles. The molecular weight excluding hydrogens is 360 g/mol. The molecule has 3 rings (SSSR count). The van der Waals surface area contributed by atoms with Gasteiger partial charge >= 0.3 is 6.09 Å². The lowest BCUT2D eigenvalue weighted by atomic mass is 10.1. The Morgan fingerprint density at radius 1 is 1.18 bits per heavy atom. The summed E-state index contributed by atoms with van der Waals surface area (Å²) in [6.07, 6.45) is 2.21. The summed E-state index contributed by atoms with van der Waals surface area (Å²) in [6.45, 7) is 5.39. The van der Waals surface area contributed by atoms with Gasteiger partial charge in [-0.15, -0.1) is 5.10 Å². The quantitative estimate of drug-likeness (QED) is 0.770. The molecule has 0 atom stereocenters. The van der Waals surface area contributed by atoms with Crippen LogP contribution in [0.1, 0.15) is 12.5 Å². The third kappa shape index (κ3) is 5.21. The molecule has 0 aliphatic carbocycles. The van der Waals surface area contributed by atoms with Crippen LogP contribution in [0.3, 0.4) is 0 Å². The van der Waals surface area contributed by atoms with Crippen molar-refractivity contribution in [3.63, 3.8) is 0 Å². The van der Waals surface area contributed by atoms with E-state index in [1.54, 1.807) is 25.1 Å². The molecule has 1 amide bonds. The van der Waals surface area contributed by atoms with E-state index in [-0.39, 0.29) is 6.09 Å². The smallest absolute Gasteiger partial charge is 0.409 e. The second-order valence-corrected chi connectivity index (χ2v) is 6.34. The van der Waals surface area contributed by atoms with Crippen molar-refractivity contribution in [2.45, 2.75) is 13.3 Å². The molecule has 0 saturated carbocycles. The number of rotatable bonds is 7. The van der Waals surface area contributed by atoms with E-state index in [0.717, 1.165) is 18.7 Å². The van der Waals surface area contributed by atoms with Gasteiger partial charge in [0.05, 0.1) is 19.9 Å². The maximum absolute atomic E-state index is 11.8. The summed E-state index contributed by atoms with van der Waals surface area (Å²) >= 11 is 0. The highest BCUT2D eigenvalue weighted by Gasteiger charge is 2.23. The lowest BCUT2D eigenvalue weighted by Gasteiger charge is -2.33. The Bertz CT molecular complexity index is 763. The summed E-state index contributed by atoms with van der Waals surface area (Å²) in [5.74, 6) is 2.11. The van der Waals surface area contributed by atoms with Gasteiger partial charge in [-0.2, -0.15) is 10.1 Å². The van der Waals surface area contributed by atoms with E-state index in [4.69, 9.17) is 9.47 Å². The Kier molecular flexibility index (Phi) is 6.83. The molecule has 0 radical (unpaired) electrons. The van der Waals surface area contributed by atoms with Crippen LogP contribution in [0, 0.1) is 0 Å². The van der Waals surface area contributed by atoms with Gasteiger partial charge in [-0.05, 0) is 31.0 Å². The SMILES string of the molecule is CCOC(=O)N1CCN(c2nncc(NCCc3ccc(OC)cc3)n2)CC1. The third-order valence-electron chi connectivity index (χ3n) is 4.52. The average Bonchev–Trinajstić information content (AvgIpc) is 2.75. The van der Waals surface area contributed by atoms with Gasteiger partial charge < -0.3 is 24.6 Å². The molecule has 1 N–H and O–H groups in total. The zero-order valence-electron chi connectivity index (χ0n) is 16.3. The number of hydrogen-bond donors (Lipinski definition) is 1. The van der Waals surface area contributed by atoms with Crippen molar-refractivity contribution in [3.8, 4) is 5.75 Å². The van der Waals surface area contributed by atoms with Crippen molar-refractivity contribution in [2.24, 2.45) is 0 Å². The molecule has 150 valence electrons. The van der Waals surface area contributed by atoms with Gasteiger partial charge in [-0.3, -0.25) is 0 Å². The average molecular weight is 386 g/mol. The lowest BCUT2D eigenvalue weighted by molar-refractivity contribution is 0.105. The minimum Gasteiger partial charge on any atom is -0.497 e. The van der Waals surface area contributed by atoms with E-state index in [1.165, 1.54) is 5.56 Å². The zero-order valence-corrected chi connectivity index (χ0v) is 16.3. The van der Waals surface area contributed by atoms with Crippen molar-refractivity contribution in [1.82, 2.24) is 20.1 Å². The number of nitrogens with zero attached hydrogens (tertiary/aromatic N) is 5. The first-order chi connectivity index (χ1) is 13.7. The Morgan fingerprint density at radius 2 is 1.93 bits per heavy atom. The van der Waals surface area contributed by atoms with Crippen molar-refractivity contribution in [3.05, 3.63) is 36.0 Å². The first kappa shape index (κ1) is 19.7. The van der Waals surface area contributed by atoms with Gasteiger partial charge in [0.2, 0.25) is 5.95 Å². The van der Waals surface area contributed by atoms with Crippen LogP contribution in [-0.2, 0) is 11.2 Å². The van der Waals surface area contributed by atoms with Crippen molar-refractivity contribution >= 4 is 17.9 Å². The summed E-state index contributed by atoms with van der Waals surface area (Å²) in [7, 11) is 1.66. The Balaban J connectivity index is 1.49. The fourth-order valence-electron chi connectivity index (χ4n) is 2.94. The first-order valence-electron chi connectivity index (χ1n) is 9.42. The van der Waals surface area contributed by atoms with Gasteiger partial charge in [-0.1, -0.05) is 12.1 Å². The van der Waals surface area contributed by atoms with Crippen molar-refractivity contribution in [2.75, 3.05) is 56.7 Å². The minimum absolute atomic E-state index is 0.268. The Labute approximate surface area is 164 Å². The van der Waals surface area contributed by atoms with Gasteiger partial charge in [0.15, 0.2) is 5.82 Å². The van der Waals surface area contributed by atoms with Crippen LogP contribution in [-0.4, -0.2) is 72.6 Å². The van der Waals surface area contributed by atoms with Crippen LogP contribution in [0.5, 0.6) is 5.75 Å². The summed E-state index contributed by atoms with van der Waals surface area (Å²) in [4.78, 5) is 20.1. The minimum atomic E-state index is -0.268. The van der Waals surface area contributed by atoms with E-state index in [9.17, 15) is 4.79 Å². The molecule has 1 aliphatic heterocycles. The molecule has 1 fully saturated rings. The molecule has 9 nitrogen and oxygen atoms in total. The molecule has 0 spiro atoms. The predicted octanol–water partition coefficient (Wildman–Crippen LogP) is 1.81.